The molecule has 15 N–H and O–H groups in total. The first kappa shape index (κ1) is 96.5. The first-order valence-corrected chi connectivity index (χ1v) is 37.9. The summed E-state index contributed by atoms with van der Waals surface area (Å²) in [5, 5.41) is 141. The van der Waals surface area contributed by atoms with Crippen molar-refractivity contribution in [3.05, 3.63) is 95.7 Å². The number of aliphatic hydroxyl groups is 10. The van der Waals surface area contributed by atoms with Crippen molar-refractivity contribution in [3.63, 3.8) is 0 Å². The summed E-state index contributed by atoms with van der Waals surface area (Å²) in [5.74, 6) is -15.5. The Kier molecular flexibility index (Phi) is 42.2. The third kappa shape index (κ3) is 32.9. The summed E-state index contributed by atoms with van der Waals surface area (Å²) < 4.78 is 18.2. The normalized spacial score (nSPS) is 30.2. The molecule has 1 saturated heterocycles. The Morgan fingerprint density at radius 1 is 0.720 bits per heavy atom. The third-order valence-electron chi connectivity index (χ3n) is 20.7. The minimum Gasteiger partial charge on any atom is -0.479 e. The van der Waals surface area contributed by atoms with Gasteiger partial charge in [-0.15, -0.1) is 0 Å². The second-order valence-electron chi connectivity index (χ2n) is 31.6. The highest BCUT2D eigenvalue weighted by Crippen LogP contribution is 2.34. The van der Waals surface area contributed by atoms with E-state index in [-0.39, 0.29) is 54.7 Å². The molecule has 2 rings (SSSR count). The molecule has 26 nitrogen and oxygen atoms in total. The maximum absolute atomic E-state index is 14.6. The molecule has 2 bridgehead atoms. The number of amides is 3. The Morgan fingerprint density at radius 3 is 1.90 bits per heavy atom. The number of ether oxygens (including phenoxy) is 3. The van der Waals surface area contributed by atoms with Gasteiger partial charge < -0.3 is 91.4 Å². The quantitative estimate of drug-likeness (QED) is 0.0219. The van der Waals surface area contributed by atoms with Gasteiger partial charge in [-0.1, -0.05) is 150 Å². The number of nitrogens with one attached hydrogen (secondary N) is 3. The Morgan fingerprint density at radius 2 is 1.32 bits per heavy atom. The number of esters is 2. The number of carbonyl (C=O) groups is 8. The van der Waals surface area contributed by atoms with Crippen LogP contribution in [0.2, 0.25) is 0 Å². The average molecular weight is 1510 g/mol. The predicted molar refractivity (Wildman–Crippen MR) is 405 cm³/mol. The SMILES string of the molecule is C/C1=C\CC(OC(=O)CC(O)C(=O)O)C(C)C(C(NC(=O)C(C)C(O)CCC(C)C(O)/C(C)=C/C(C)C(O)C(CC(C)C)NC(=O)/C=C/C(C)(C)C(=O)C(C)C(O)C(C)C)C(C)O)OC(=O)C(C(O)C(=O)O)NC(=O)/C=C/C=C/CC/C=C/C=C/C[C@@H]2C[C@@H](C)C[C@@H](CC(O)C(C)C(O)/C(C)=C/C(C)C1O)O2. The van der Waals surface area contributed by atoms with Gasteiger partial charge in [0.05, 0.1) is 85.5 Å². The first-order chi connectivity index (χ1) is 49.7. The van der Waals surface area contributed by atoms with Crippen molar-refractivity contribution < 1.29 is 114 Å². The summed E-state index contributed by atoms with van der Waals surface area (Å²) in [5.41, 5.74) is 0.0251. The lowest BCUT2D eigenvalue weighted by atomic mass is 9.77. The zero-order valence-corrected chi connectivity index (χ0v) is 66.2. The highest BCUT2D eigenvalue weighted by atomic mass is 16.6. The molecule has 2 aliphatic rings. The number of aliphatic carboxylic acids is 2. The van der Waals surface area contributed by atoms with Crippen LogP contribution < -0.4 is 16.0 Å². The fraction of sp³-hybridized carbons (Fsp3) is 0.704. The number of ketones is 1. The Hall–Kier alpha value is -6.56. The van der Waals surface area contributed by atoms with E-state index in [2.05, 4.69) is 22.9 Å². The van der Waals surface area contributed by atoms with Crippen molar-refractivity contribution in [3.8, 4) is 0 Å². The fourth-order valence-electron chi connectivity index (χ4n) is 13.5. The number of hydrogen-bond donors (Lipinski definition) is 15. The second-order valence-corrected chi connectivity index (χ2v) is 31.6. The lowest BCUT2D eigenvalue weighted by Gasteiger charge is -2.38. The minimum absolute atomic E-state index is 0.0235. The van der Waals surface area contributed by atoms with Crippen LogP contribution in [0.25, 0.3) is 0 Å². The lowest BCUT2D eigenvalue weighted by Crippen LogP contribution is -2.59. The van der Waals surface area contributed by atoms with Gasteiger partial charge in [0.15, 0.2) is 18.2 Å². The van der Waals surface area contributed by atoms with E-state index in [1.165, 1.54) is 58.1 Å². The standard InChI is InChI=1S/C81H131N3O23/c1-43(2)36-59(82-65(90)34-35-81(17,18)76(98)55(15)69(92)44(3)4)73(96)51(11)40-49(9)70(93)46(6)30-32-60(86)53(13)77(99)84-67(56(16)85)75-54(14)63(106-66(91)42-62(88)78(100)101)33-31-47(7)71(94)48(8)39-50(10)72(95)52(12)61(87)41-58-38-45(5)37-57(105-58)28-26-24-22-20-19-21-23-25-27-29-64(89)83-68(80(104)107-75)74(97)79(102)103/h20,22-27,29,31,34-35,39-40,43-46,48,51-63,67-75,85-88,92-97H,19,21,28,30,32-33,36-38,41-42H2,1-18H3,(H,82,90)(H,83,89)(H,84,99)(H,100,101)(H,102,103)/b22-20+,25-23+,26-24+,29-27+,35-34+,47-31+,49-40+,50-39+/t45-,46?,48?,51?,52?,53?,54?,55?,56?,57-,58+,59?,60?,61?,62?,63?,67?,68?,69?,70?,71?,72?,73?,74?,75?/m1/s1. The molecule has 0 aromatic rings. The van der Waals surface area contributed by atoms with Gasteiger partial charge in [0.2, 0.25) is 17.7 Å². The number of fused-ring (bicyclic) bond motifs is 2. The van der Waals surface area contributed by atoms with Crippen LogP contribution in [0.1, 0.15) is 195 Å². The number of rotatable bonds is 28. The molecular weight excluding hydrogens is 1380 g/mol. The number of carboxylic acid groups (broad SMARTS) is 2. The molecule has 22 unspecified atom stereocenters. The summed E-state index contributed by atoms with van der Waals surface area (Å²) in [6.07, 6.45) is 4.38. The molecule has 0 aromatic heterocycles. The third-order valence-corrected chi connectivity index (χ3v) is 20.7. The topological polar surface area (TPSA) is 443 Å². The van der Waals surface area contributed by atoms with Gasteiger partial charge in [-0.05, 0) is 146 Å². The number of cyclic esters (lactones) is 1. The van der Waals surface area contributed by atoms with E-state index in [1.807, 2.05) is 52.0 Å². The number of carboxylic acids is 2. The Balaban J connectivity index is 2.69. The summed E-state index contributed by atoms with van der Waals surface area (Å²) in [6.45, 7) is 30.0. The largest absolute Gasteiger partial charge is 0.479 e. The molecule has 3 amide bonds. The van der Waals surface area contributed by atoms with Crippen LogP contribution in [0, 0.1) is 64.6 Å². The maximum Gasteiger partial charge on any atom is 0.335 e. The van der Waals surface area contributed by atoms with Crippen LogP contribution in [-0.2, 0) is 52.6 Å². The van der Waals surface area contributed by atoms with E-state index < -0.39 is 193 Å². The van der Waals surface area contributed by atoms with Gasteiger partial charge in [0.25, 0.3) is 0 Å². The second kappa shape index (κ2) is 46.8. The van der Waals surface area contributed by atoms with Crippen LogP contribution in [0.5, 0.6) is 0 Å². The van der Waals surface area contributed by atoms with Crippen molar-refractivity contribution in [1.29, 1.82) is 0 Å². The number of aliphatic hydroxyl groups excluding tert-OH is 10. The highest BCUT2D eigenvalue weighted by molar-refractivity contribution is 5.95. The Labute approximate surface area is 633 Å². The van der Waals surface area contributed by atoms with Crippen molar-refractivity contribution in [1.82, 2.24) is 16.0 Å². The monoisotopic (exact) mass is 1510 g/mol. The number of hydrogen-bond acceptors (Lipinski definition) is 21. The smallest absolute Gasteiger partial charge is 0.335 e. The first-order valence-electron chi connectivity index (χ1n) is 37.9. The molecule has 0 aromatic carbocycles. The van der Waals surface area contributed by atoms with Crippen molar-refractivity contribution in [2.75, 3.05) is 0 Å². The van der Waals surface area contributed by atoms with E-state index >= 15 is 0 Å². The number of allylic oxidation sites excluding steroid dienone is 7. The molecule has 0 aliphatic carbocycles. The maximum atomic E-state index is 14.6. The molecule has 0 spiro atoms. The molecule has 107 heavy (non-hydrogen) atoms. The molecular formula is C81H131N3O23. The van der Waals surface area contributed by atoms with E-state index in [1.54, 1.807) is 80.5 Å². The fourth-order valence-corrected chi connectivity index (χ4v) is 13.5. The van der Waals surface area contributed by atoms with Crippen molar-refractivity contribution in [2.24, 2.45) is 64.6 Å². The van der Waals surface area contributed by atoms with Gasteiger partial charge >= 0.3 is 23.9 Å². The van der Waals surface area contributed by atoms with Crippen LogP contribution in [-0.4, -0.2) is 212 Å². The van der Waals surface area contributed by atoms with Gasteiger partial charge in [-0.25, -0.2) is 14.4 Å². The van der Waals surface area contributed by atoms with E-state index in [0.717, 1.165) is 18.9 Å². The predicted octanol–water partition coefficient (Wildman–Crippen LogP) is 6.75. The Bertz CT molecular complexity index is 3090. The molecule has 25 atom stereocenters. The van der Waals surface area contributed by atoms with Crippen molar-refractivity contribution in [2.45, 2.75) is 299 Å². The van der Waals surface area contributed by atoms with Crippen molar-refractivity contribution >= 4 is 47.4 Å². The number of carbonyl (C=O) groups excluding carboxylic acids is 6. The zero-order chi connectivity index (χ0) is 81.7. The van der Waals surface area contributed by atoms with Crippen LogP contribution >= 0.6 is 0 Å². The summed E-state index contributed by atoms with van der Waals surface area (Å²) in [4.78, 5) is 107. The van der Waals surface area contributed by atoms with Crippen LogP contribution in [0.4, 0.5) is 0 Å². The zero-order valence-electron chi connectivity index (χ0n) is 66.2. The summed E-state index contributed by atoms with van der Waals surface area (Å²) in [6, 6.07) is -4.96. The van der Waals surface area contributed by atoms with Crippen LogP contribution in [0.15, 0.2) is 95.7 Å². The highest BCUT2D eigenvalue weighted by Gasteiger charge is 2.45. The van der Waals surface area contributed by atoms with Crippen LogP contribution in [0.3, 0.4) is 0 Å². The van der Waals surface area contributed by atoms with Gasteiger partial charge in [0.1, 0.15) is 18.0 Å². The molecule has 1 fully saturated rings. The van der Waals surface area contributed by atoms with Gasteiger partial charge in [-0.3, -0.25) is 24.0 Å². The summed E-state index contributed by atoms with van der Waals surface area (Å²) >= 11 is 0. The van der Waals surface area contributed by atoms with E-state index in [0.29, 0.717) is 42.7 Å². The molecule has 0 radical (unpaired) electrons. The average Bonchev–Trinajstić information content (AvgIpc) is 0.838. The van der Waals surface area contributed by atoms with Gasteiger partial charge in [0, 0.05) is 47.5 Å². The molecule has 26 heteroatoms. The van der Waals surface area contributed by atoms with E-state index in [9.17, 15) is 99.6 Å². The number of Topliss-reactive ketones (excluding diaryl/α,β-unsaturated/α-hetero) is 1. The minimum atomic E-state index is -2.69. The summed E-state index contributed by atoms with van der Waals surface area (Å²) in [7, 11) is 0. The molecule has 608 valence electrons. The van der Waals surface area contributed by atoms with E-state index in [4.69, 9.17) is 14.2 Å². The molecule has 2 heterocycles. The molecule has 0 saturated carbocycles. The van der Waals surface area contributed by atoms with Gasteiger partial charge in [-0.2, -0.15) is 0 Å². The lowest BCUT2D eigenvalue weighted by molar-refractivity contribution is -0.175. The molecule has 2 aliphatic heterocycles.